The monoisotopic (exact) mass is 797 g/mol. The first-order valence-electron chi connectivity index (χ1n) is 21.1. The lowest BCUT2D eigenvalue weighted by Gasteiger charge is -2.28. The summed E-state index contributed by atoms with van der Waals surface area (Å²) in [7, 11) is 0. The predicted molar refractivity (Wildman–Crippen MR) is 261 cm³/mol. The van der Waals surface area contributed by atoms with Crippen LogP contribution in [0, 0.1) is 0 Å². The highest BCUT2D eigenvalue weighted by atomic mass is 32.1. The highest BCUT2D eigenvalue weighted by Gasteiger charge is 2.22. The van der Waals surface area contributed by atoms with Crippen LogP contribution in [0.15, 0.2) is 217 Å². The van der Waals surface area contributed by atoms with Gasteiger partial charge in [-0.3, -0.25) is 0 Å². The SMILES string of the molecule is C1=CC(c2ccc(-c3ccc(N(c4ccccc4-c4ccc5oc6c7ccccc7ccc6c5c4)c4cccc5c4sc4ccccc45)cc3)cc2-c2ccccc2)=CCC1. The second kappa shape index (κ2) is 14.7. The van der Waals surface area contributed by atoms with Gasteiger partial charge in [-0.05, 0) is 112 Å². The smallest absolute Gasteiger partial charge is 0.143 e. The molecule has 0 amide bonds. The molecule has 11 aromatic rings. The third-order valence-corrected chi connectivity index (χ3v) is 13.5. The largest absolute Gasteiger partial charge is 0.455 e. The normalized spacial score (nSPS) is 12.8. The molecular formula is C58H39NOS. The zero-order valence-electron chi connectivity index (χ0n) is 33.4. The minimum Gasteiger partial charge on any atom is -0.455 e. The molecule has 0 aliphatic heterocycles. The Kier molecular flexibility index (Phi) is 8.53. The fraction of sp³-hybridized carbons (Fsp3) is 0.0345. The highest BCUT2D eigenvalue weighted by molar-refractivity contribution is 7.26. The van der Waals surface area contributed by atoms with Crippen molar-refractivity contribution in [3.63, 3.8) is 0 Å². The molecule has 2 heterocycles. The summed E-state index contributed by atoms with van der Waals surface area (Å²) in [6, 6.07) is 70.8. The topological polar surface area (TPSA) is 16.4 Å². The number of anilines is 3. The number of hydrogen-bond donors (Lipinski definition) is 0. The summed E-state index contributed by atoms with van der Waals surface area (Å²) in [5.74, 6) is 0. The van der Waals surface area contributed by atoms with E-state index in [0.717, 1.165) is 68.4 Å². The highest BCUT2D eigenvalue weighted by Crippen LogP contribution is 2.48. The number of allylic oxidation sites excluding steroid dienone is 4. The molecular weight excluding hydrogens is 759 g/mol. The summed E-state index contributed by atoms with van der Waals surface area (Å²) in [6.45, 7) is 0. The van der Waals surface area contributed by atoms with E-state index in [0.29, 0.717) is 0 Å². The van der Waals surface area contributed by atoms with Crippen LogP contribution in [0.1, 0.15) is 18.4 Å². The van der Waals surface area contributed by atoms with Crippen molar-refractivity contribution in [3.05, 3.63) is 218 Å². The Hall–Kier alpha value is -7.46. The molecule has 1 aliphatic carbocycles. The predicted octanol–water partition coefficient (Wildman–Crippen LogP) is 17.3. The second-order valence-corrected chi connectivity index (χ2v) is 16.9. The van der Waals surface area contributed by atoms with Crippen LogP contribution in [-0.2, 0) is 0 Å². The first-order chi connectivity index (χ1) is 30.2. The van der Waals surface area contributed by atoms with E-state index < -0.39 is 0 Å². The van der Waals surface area contributed by atoms with Crippen molar-refractivity contribution in [2.45, 2.75) is 12.8 Å². The summed E-state index contributed by atoms with van der Waals surface area (Å²) >= 11 is 1.86. The first kappa shape index (κ1) is 35.5. The summed E-state index contributed by atoms with van der Waals surface area (Å²) in [6.07, 6.45) is 9.11. The number of para-hydroxylation sites is 1. The van der Waals surface area contributed by atoms with Gasteiger partial charge in [0.25, 0.3) is 0 Å². The molecule has 0 fully saturated rings. The van der Waals surface area contributed by atoms with E-state index in [1.807, 2.05) is 11.3 Å². The molecule has 1 aliphatic rings. The van der Waals surface area contributed by atoms with E-state index in [1.54, 1.807) is 0 Å². The van der Waals surface area contributed by atoms with Crippen LogP contribution in [0.5, 0.6) is 0 Å². The lowest BCUT2D eigenvalue weighted by Crippen LogP contribution is -2.11. The van der Waals surface area contributed by atoms with Crippen LogP contribution in [0.4, 0.5) is 17.1 Å². The maximum Gasteiger partial charge on any atom is 0.143 e. The van der Waals surface area contributed by atoms with Crippen molar-refractivity contribution >= 4 is 86.9 Å². The van der Waals surface area contributed by atoms with Crippen molar-refractivity contribution in [3.8, 4) is 33.4 Å². The third-order valence-electron chi connectivity index (χ3n) is 12.3. The lowest BCUT2D eigenvalue weighted by molar-refractivity contribution is 0.672. The van der Waals surface area contributed by atoms with Gasteiger partial charge in [-0.2, -0.15) is 0 Å². The van der Waals surface area contributed by atoms with E-state index in [1.165, 1.54) is 58.9 Å². The number of furan rings is 1. The molecule has 0 atom stereocenters. The van der Waals surface area contributed by atoms with E-state index in [2.05, 4.69) is 217 Å². The molecule has 0 spiro atoms. The van der Waals surface area contributed by atoms with Crippen LogP contribution < -0.4 is 4.90 Å². The molecule has 12 rings (SSSR count). The molecule has 0 unspecified atom stereocenters. The molecule has 0 bridgehead atoms. The maximum absolute atomic E-state index is 6.55. The molecule has 2 nitrogen and oxygen atoms in total. The number of thiophene rings is 1. The van der Waals surface area contributed by atoms with Crippen LogP contribution >= 0.6 is 11.3 Å². The van der Waals surface area contributed by atoms with E-state index in [-0.39, 0.29) is 0 Å². The van der Waals surface area contributed by atoms with Crippen LogP contribution in [0.2, 0.25) is 0 Å². The van der Waals surface area contributed by atoms with Crippen molar-refractivity contribution in [1.29, 1.82) is 0 Å². The Bertz CT molecular complexity index is 3530. The standard InChI is InChI=1S/C58H39NOS/c1-3-14-39(15-4-1)45-33-29-42(36-51(45)40-16-5-2-6-17-40)38-26-31-44(32-27-38)59(54-24-13-22-50-48-21-10-12-25-56(48)61-58(50)54)53-23-11-9-19-46(53)43-30-35-55-52(37-43)49-34-28-41-18-7-8-20-47(41)57(49)60-55/h2-3,5-37H,1,4H2. The van der Waals surface area contributed by atoms with Crippen LogP contribution in [-0.4, -0.2) is 0 Å². The van der Waals surface area contributed by atoms with Crippen molar-refractivity contribution < 1.29 is 4.42 Å². The third kappa shape index (κ3) is 6.08. The first-order valence-corrected chi connectivity index (χ1v) is 21.9. The molecule has 0 radical (unpaired) electrons. The van der Waals surface area contributed by atoms with Gasteiger partial charge in [-0.15, -0.1) is 11.3 Å². The van der Waals surface area contributed by atoms with Gasteiger partial charge in [-0.1, -0.05) is 158 Å². The average Bonchev–Trinajstić information content (AvgIpc) is 3.91. The lowest BCUT2D eigenvalue weighted by atomic mass is 9.89. The van der Waals surface area contributed by atoms with Crippen molar-refractivity contribution in [1.82, 2.24) is 0 Å². The molecule has 0 saturated carbocycles. The number of hydrogen-bond acceptors (Lipinski definition) is 3. The molecule has 3 heteroatoms. The number of rotatable bonds is 7. The summed E-state index contributed by atoms with van der Waals surface area (Å²) in [4.78, 5) is 2.46. The Morgan fingerprint density at radius 3 is 2.08 bits per heavy atom. The Balaban J connectivity index is 1.02. The summed E-state index contributed by atoms with van der Waals surface area (Å²) in [5.41, 5.74) is 14.9. The number of benzene rings is 9. The second-order valence-electron chi connectivity index (χ2n) is 15.9. The average molecular weight is 798 g/mol. The number of fused-ring (bicyclic) bond motifs is 8. The Morgan fingerprint density at radius 1 is 0.443 bits per heavy atom. The Labute approximate surface area is 358 Å². The fourth-order valence-corrected chi connectivity index (χ4v) is 10.6. The molecule has 2 aromatic heterocycles. The van der Waals surface area contributed by atoms with Crippen molar-refractivity contribution in [2.75, 3.05) is 4.90 Å². The van der Waals surface area contributed by atoms with Crippen LogP contribution in [0.3, 0.4) is 0 Å². The van der Waals surface area contributed by atoms with Gasteiger partial charge in [0.2, 0.25) is 0 Å². The van der Waals surface area contributed by atoms with Gasteiger partial charge >= 0.3 is 0 Å². The zero-order valence-corrected chi connectivity index (χ0v) is 34.2. The minimum absolute atomic E-state index is 0.894. The molecule has 61 heavy (non-hydrogen) atoms. The number of nitrogens with zero attached hydrogens (tertiary/aromatic N) is 1. The maximum atomic E-state index is 6.55. The quantitative estimate of drug-likeness (QED) is 0.160. The van der Waals surface area contributed by atoms with Crippen molar-refractivity contribution in [2.24, 2.45) is 0 Å². The molecule has 0 saturated heterocycles. The van der Waals surface area contributed by atoms with E-state index in [9.17, 15) is 0 Å². The molecule has 0 N–H and O–H groups in total. The van der Waals surface area contributed by atoms with Gasteiger partial charge in [0, 0.05) is 42.9 Å². The van der Waals surface area contributed by atoms with E-state index >= 15 is 0 Å². The fourth-order valence-electron chi connectivity index (χ4n) is 9.35. The summed E-state index contributed by atoms with van der Waals surface area (Å²) < 4.78 is 9.10. The molecule has 9 aromatic carbocycles. The van der Waals surface area contributed by atoms with Gasteiger partial charge in [0.05, 0.1) is 16.1 Å². The van der Waals surface area contributed by atoms with Gasteiger partial charge < -0.3 is 9.32 Å². The zero-order chi connectivity index (χ0) is 40.3. The minimum atomic E-state index is 0.894. The van der Waals surface area contributed by atoms with Gasteiger partial charge in [0.1, 0.15) is 11.2 Å². The Morgan fingerprint density at radius 2 is 1.20 bits per heavy atom. The van der Waals surface area contributed by atoms with E-state index in [4.69, 9.17) is 4.42 Å². The summed E-state index contributed by atoms with van der Waals surface area (Å²) in [5, 5.41) is 7.12. The van der Waals surface area contributed by atoms with Gasteiger partial charge in [-0.25, -0.2) is 0 Å². The van der Waals surface area contributed by atoms with Gasteiger partial charge in [0.15, 0.2) is 0 Å². The molecule has 288 valence electrons. The van der Waals surface area contributed by atoms with Crippen LogP contribution in [0.25, 0.3) is 91.8 Å².